The van der Waals surface area contributed by atoms with Gasteiger partial charge in [0.05, 0.1) is 11.8 Å². The first-order chi connectivity index (χ1) is 14.0. The number of imidazole rings is 1. The summed E-state index contributed by atoms with van der Waals surface area (Å²) in [5.41, 5.74) is 5.88. The zero-order valence-corrected chi connectivity index (χ0v) is 16.7. The number of hydrogen-bond donors (Lipinski definition) is 1. The van der Waals surface area contributed by atoms with Gasteiger partial charge in [0.25, 0.3) is 0 Å². The molecular formula is C21H20N8. The Kier molecular flexibility index (Phi) is 3.80. The number of aromatic nitrogens is 7. The molecule has 5 aromatic rings. The Hall–Kier alpha value is -3.81. The molecule has 0 bridgehead atoms. The first-order valence-corrected chi connectivity index (χ1v) is 9.30. The molecule has 0 unspecified atom stereocenters. The van der Waals surface area contributed by atoms with Crippen LogP contribution in [0.2, 0.25) is 0 Å². The molecule has 0 atom stereocenters. The van der Waals surface area contributed by atoms with Gasteiger partial charge in [0, 0.05) is 50.2 Å². The van der Waals surface area contributed by atoms with Gasteiger partial charge in [-0.2, -0.15) is 0 Å². The van der Waals surface area contributed by atoms with Crippen molar-refractivity contribution in [2.24, 2.45) is 7.05 Å². The van der Waals surface area contributed by atoms with Gasteiger partial charge in [-0.3, -0.25) is 0 Å². The summed E-state index contributed by atoms with van der Waals surface area (Å²) in [5.74, 6) is 1.48. The molecule has 0 radical (unpaired) electrons. The summed E-state index contributed by atoms with van der Waals surface area (Å²) in [6.07, 6.45) is 5.55. The van der Waals surface area contributed by atoms with E-state index in [1.54, 1.807) is 6.33 Å². The zero-order chi connectivity index (χ0) is 20.1. The number of rotatable bonds is 3. The Balaban J connectivity index is 1.82. The highest BCUT2D eigenvalue weighted by molar-refractivity contribution is 6.04. The Morgan fingerprint density at radius 3 is 2.69 bits per heavy atom. The van der Waals surface area contributed by atoms with Gasteiger partial charge >= 0.3 is 0 Å². The standard InChI is InChI=1S/C21H20N8/c1-12-6-5-7-15(25-12)19-26-16(17-20(27-19)24-11-23-17)14-10-29(4)18-13(14)8-9-22-21(18)28(2)3/h5-11H,1-4H3,(H,23,24,26,27). The van der Waals surface area contributed by atoms with Gasteiger partial charge in [0.1, 0.15) is 16.9 Å². The highest BCUT2D eigenvalue weighted by atomic mass is 15.2. The molecule has 5 heterocycles. The summed E-state index contributed by atoms with van der Waals surface area (Å²) < 4.78 is 2.08. The van der Waals surface area contributed by atoms with E-state index < -0.39 is 0 Å². The van der Waals surface area contributed by atoms with Gasteiger partial charge in [-0.1, -0.05) is 6.07 Å². The summed E-state index contributed by atoms with van der Waals surface area (Å²) in [6.45, 7) is 1.96. The van der Waals surface area contributed by atoms with Gasteiger partial charge in [-0.25, -0.2) is 24.9 Å². The first kappa shape index (κ1) is 17.3. The maximum absolute atomic E-state index is 4.89. The molecule has 1 N–H and O–H groups in total. The molecule has 29 heavy (non-hydrogen) atoms. The van der Waals surface area contributed by atoms with Crippen molar-refractivity contribution in [3.63, 3.8) is 0 Å². The average Bonchev–Trinajstić information content (AvgIpc) is 3.31. The minimum absolute atomic E-state index is 0.569. The number of aryl methyl sites for hydroxylation is 2. The highest BCUT2D eigenvalue weighted by Crippen LogP contribution is 2.36. The number of aromatic amines is 1. The lowest BCUT2D eigenvalue weighted by Gasteiger charge is -2.13. The van der Waals surface area contributed by atoms with E-state index in [-0.39, 0.29) is 0 Å². The SMILES string of the molecule is Cc1cccc(-c2nc(-c3cn(C)c4c(N(C)C)nccc34)c3nc[nH]c3n2)n1. The molecule has 0 aromatic carbocycles. The van der Waals surface area contributed by atoms with Crippen LogP contribution < -0.4 is 4.90 Å². The second kappa shape index (κ2) is 6.37. The second-order valence-corrected chi connectivity index (χ2v) is 7.24. The molecule has 0 aliphatic heterocycles. The molecule has 144 valence electrons. The lowest BCUT2D eigenvalue weighted by molar-refractivity contribution is 0.953. The van der Waals surface area contributed by atoms with Crippen molar-refractivity contribution in [2.75, 3.05) is 19.0 Å². The van der Waals surface area contributed by atoms with Crippen LogP contribution in [0.25, 0.3) is 44.8 Å². The fourth-order valence-corrected chi connectivity index (χ4v) is 3.66. The summed E-state index contributed by atoms with van der Waals surface area (Å²) in [7, 11) is 6.01. The van der Waals surface area contributed by atoms with Crippen LogP contribution in [-0.4, -0.2) is 48.6 Å². The minimum Gasteiger partial charge on any atom is -0.361 e. The van der Waals surface area contributed by atoms with Crippen LogP contribution in [0.5, 0.6) is 0 Å². The number of fused-ring (bicyclic) bond motifs is 2. The molecule has 0 aliphatic rings. The van der Waals surface area contributed by atoms with E-state index in [2.05, 4.69) is 35.7 Å². The van der Waals surface area contributed by atoms with Gasteiger partial charge in [0.2, 0.25) is 0 Å². The van der Waals surface area contributed by atoms with Crippen molar-refractivity contribution in [1.29, 1.82) is 0 Å². The number of anilines is 1. The van der Waals surface area contributed by atoms with E-state index >= 15 is 0 Å². The van der Waals surface area contributed by atoms with Crippen LogP contribution in [-0.2, 0) is 7.05 Å². The van der Waals surface area contributed by atoms with E-state index in [1.165, 1.54) is 0 Å². The molecule has 0 amide bonds. The van der Waals surface area contributed by atoms with Crippen molar-refractivity contribution in [3.05, 3.63) is 48.7 Å². The molecular weight excluding hydrogens is 364 g/mol. The molecule has 5 aromatic heterocycles. The summed E-state index contributed by atoms with van der Waals surface area (Å²) >= 11 is 0. The smallest absolute Gasteiger partial charge is 0.180 e. The molecule has 0 fully saturated rings. The maximum atomic E-state index is 4.89. The van der Waals surface area contributed by atoms with E-state index in [0.29, 0.717) is 11.5 Å². The molecule has 0 aliphatic carbocycles. The predicted octanol–water partition coefficient (Wildman–Crippen LogP) is 3.34. The van der Waals surface area contributed by atoms with Crippen molar-refractivity contribution in [2.45, 2.75) is 6.92 Å². The average molecular weight is 384 g/mol. The maximum Gasteiger partial charge on any atom is 0.180 e. The third kappa shape index (κ3) is 2.72. The van der Waals surface area contributed by atoms with Gasteiger partial charge < -0.3 is 14.5 Å². The fourth-order valence-electron chi connectivity index (χ4n) is 3.66. The summed E-state index contributed by atoms with van der Waals surface area (Å²) in [5, 5.41) is 1.07. The molecule has 0 spiro atoms. The molecule has 5 rings (SSSR count). The van der Waals surface area contributed by atoms with Crippen molar-refractivity contribution < 1.29 is 0 Å². The predicted molar refractivity (Wildman–Crippen MR) is 114 cm³/mol. The van der Waals surface area contributed by atoms with Crippen molar-refractivity contribution in [1.82, 2.24) is 34.5 Å². The largest absolute Gasteiger partial charge is 0.361 e. The van der Waals surface area contributed by atoms with Crippen LogP contribution in [0, 0.1) is 6.92 Å². The third-order valence-corrected chi connectivity index (χ3v) is 4.95. The van der Waals surface area contributed by atoms with Gasteiger partial charge in [-0.05, 0) is 25.1 Å². The first-order valence-electron chi connectivity index (χ1n) is 9.30. The normalized spacial score (nSPS) is 11.4. The van der Waals surface area contributed by atoms with E-state index in [0.717, 1.165) is 44.9 Å². The lowest BCUT2D eigenvalue weighted by Crippen LogP contribution is -2.11. The van der Waals surface area contributed by atoms with E-state index in [4.69, 9.17) is 4.98 Å². The Labute approximate surface area is 167 Å². The number of pyridine rings is 2. The monoisotopic (exact) mass is 384 g/mol. The Morgan fingerprint density at radius 2 is 1.90 bits per heavy atom. The van der Waals surface area contributed by atoms with Crippen LogP contribution >= 0.6 is 0 Å². The Bertz CT molecular complexity index is 1360. The highest BCUT2D eigenvalue weighted by Gasteiger charge is 2.20. The Morgan fingerprint density at radius 1 is 1.03 bits per heavy atom. The van der Waals surface area contributed by atoms with Crippen LogP contribution in [0.3, 0.4) is 0 Å². The van der Waals surface area contributed by atoms with E-state index in [9.17, 15) is 0 Å². The van der Waals surface area contributed by atoms with Crippen molar-refractivity contribution >= 4 is 27.9 Å². The number of hydrogen-bond acceptors (Lipinski definition) is 6. The van der Waals surface area contributed by atoms with Crippen LogP contribution in [0.4, 0.5) is 5.82 Å². The van der Waals surface area contributed by atoms with Crippen LogP contribution in [0.15, 0.2) is 43.0 Å². The quantitative estimate of drug-likeness (QED) is 0.513. The number of nitrogens with one attached hydrogen (secondary N) is 1. The number of nitrogens with zero attached hydrogens (tertiary/aromatic N) is 7. The fraction of sp³-hybridized carbons (Fsp3) is 0.190. The zero-order valence-electron chi connectivity index (χ0n) is 16.7. The van der Waals surface area contributed by atoms with Crippen LogP contribution in [0.1, 0.15) is 5.69 Å². The third-order valence-electron chi connectivity index (χ3n) is 4.95. The minimum atomic E-state index is 0.569. The summed E-state index contributed by atoms with van der Waals surface area (Å²) in [6, 6.07) is 7.86. The van der Waals surface area contributed by atoms with Crippen molar-refractivity contribution in [3.8, 4) is 22.8 Å². The van der Waals surface area contributed by atoms with Gasteiger partial charge in [0.15, 0.2) is 17.3 Å². The number of H-pyrrole nitrogens is 1. The second-order valence-electron chi connectivity index (χ2n) is 7.24. The summed E-state index contributed by atoms with van der Waals surface area (Å²) in [4.78, 5) is 28.3. The molecule has 0 saturated heterocycles. The molecule has 0 saturated carbocycles. The lowest BCUT2D eigenvalue weighted by atomic mass is 10.1. The topological polar surface area (TPSA) is 88.4 Å². The molecule has 8 nitrogen and oxygen atoms in total. The van der Waals surface area contributed by atoms with Gasteiger partial charge in [-0.15, -0.1) is 0 Å². The molecule has 8 heteroatoms. The van der Waals surface area contributed by atoms with E-state index in [1.807, 2.05) is 63.4 Å².